The number of hydrogen-bond acceptors (Lipinski definition) is 3. The summed E-state index contributed by atoms with van der Waals surface area (Å²) in [6.07, 6.45) is 3.48. The molecular weight excluding hydrogens is 275 g/mol. The van der Waals surface area contributed by atoms with Gasteiger partial charge in [0.25, 0.3) is 5.91 Å². The lowest BCUT2D eigenvalue weighted by molar-refractivity contribution is 0.0923. The lowest BCUT2D eigenvalue weighted by atomic mass is 9.96. The maximum atomic E-state index is 11.6. The number of rotatable bonds is 4. The average molecular weight is 293 g/mol. The van der Waals surface area contributed by atoms with E-state index in [1.807, 2.05) is 0 Å². The van der Waals surface area contributed by atoms with Crippen LogP contribution in [0.1, 0.15) is 29.8 Å². The molecule has 1 unspecified atom stereocenters. The first kappa shape index (κ1) is 15.3. The van der Waals surface area contributed by atoms with E-state index in [0.29, 0.717) is 12.5 Å². The molecule has 1 fully saturated rings. The maximum Gasteiger partial charge on any atom is 0.287 e. The number of hydrogen-bond donors (Lipinski definition) is 2. The topological polar surface area (TPSA) is 54.3 Å². The van der Waals surface area contributed by atoms with E-state index < -0.39 is 0 Å². The number of halogens is 2. The average Bonchev–Trinajstić information content (AvgIpc) is 2.77. The molecule has 4 nitrogen and oxygen atoms in total. The molecule has 2 N–H and O–H groups in total. The third kappa shape index (κ3) is 4.52. The van der Waals surface area contributed by atoms with Gasteiger partial charge in [0, 0.05) is 6.54 Å². The molecule has 6 heteroatoms. The smallest absolute Gasteiger partial charge is 0.287 e. The van der Waals surface area contributed by atoms with Gasteiger partial charge in [-0.25, -0.2) is 0 Å². The molecule has 1 aromatic rings. The zero-order valence-electron chi connectivity index (χ0n) is 10.1. The number of nitrogens with one attached hydrogen (secondary N) is 2. The molecule has 1 saturated heterocycles. The molecule has 1 aliphatic heterocycles. The van der Waals surface area contributed by atoms with E-state index >= 15 is 0 Å². The van der Waals surface area contributed by atoms with E-state index in [1.54, 1.807) is 12.1 Å². The van der Waals surface area contributed by atoms with Crippen LogP contribution >= 0.6 is 24.0 Å². The molecule has 0 radical (unpaired) electrons. The Hall–Kier alpha value is -0.710. The van der Waals surface area contributed by atoms with Crippen molar-refractivity contribution in [2.75, 3.05) is 19.6 Å². The summed E-state index contributed by atoms with van der Waals surface area (Å²) in [7, 11) is 0. The molecule has 102 valence electrons. The minimum Gasteiger partial charge on any atom is -0.440 e. The van der Waals surface area contributed by atoms with E-state index in [-0.39, 0.29) is 29.3 Å². The molecule has 0 saturated carbocycles. The molecule has 1 aliphatic rings. The van der Waals surface area contributed by atoms with E-state index in [0.717, 1.165) is 19.5 Å². The van der Waals surface area contributed by atoms with Gasteiger partial charge in [0.05, 0.1) is 0 Å². The predicted molar refractivity (Wildman–Crippen MR) is 73.5 cm³/mol. The standard InChI is InChI=1S/C12H17ClN2O2.ClH/c13-11-4-3-10(17-11)12(16)15-7-5-9-2-1-6-14-8-9;/h3-4,9,14H,1-2,5-8H2,(H,15,16);1H. The molecule has 2 heterocycles. The second kappa shape index (κ2) is 7.67. The molecule has 1 amide bonds. The monoisotopic (exact) mass is 292 g/mol. The minimum atomic E-state index is -0.194. The van der Waals surface area contributed by atoms with Gasteiger partial charge in [0.15, 0.2) is 11.0 Å². The minimum absolute atomic E-state index is 0. The SMILES string of the molecule is Cl.O=C(NCCC1CCCNC1)c1ccc(Cl)o1. The van der Waals surface area contributed by atoms with Crippen molar-refractivity contribution in [3.05, 3.63) is 23.1 Å². The Labute approximate surface area is 118 Å². The summed E-state index contributed by atoms with van der Waals surface area (Å²) in [6.45, 7) is 2.86. The fraction of sp³-hybridized carbons (Fsp3) is 0.583. The van der Waals surface area contributed by atoms with E-state index in [4.69, 9.17) is 16.0 Å². The second-order valence-electron chi connectivity index (χ2n) is 4.36. The van der Waals surface area contributed by atoms with Crippen LogP contribution in [0.2, 0.25) is 5.22 Å². The number of furan rings is 1. The van der Waals surface area contributed by atoms with Gasteiger partial charge >= 0.3 is 0 Å². The van der Waals surface area contributed by atoms with Crippen LogP contribution in [0.25, 0.3) is 0 Å². The fourth-order valence-corrected chi connectivity index (χ4v) is 2.23. The highest BCUT2D eigenvalue weighted by Gasteiger charge is 2.14. The normalized spacial score (nSPS) is 19.1. The first-order valence-electron chi connectivity index (χ1n) is 6.00. The van der Waals surface area contributed by atoms with Crippen LogP contribution in [0.3, 0.4) is 0 Å². The van der Waals surface area contributed by atoms with Crippen molar-refractivity contribution in [2.45, 2.75) is 19.3 Å². The Balaban J connectivity index is 0.00000162. The van der Waals surface area contributed by atoms with Crippen molar-refractivity contribution in [3.8, 4) is 0 Å². The summed E-state index contributed by atoms with van der Waals surface area (Å²) < 4.78 is 5.03. The van der Waals surface area contributed by atoms with Gasteiger partial charge in [-0.1, -0.05) is 0 Å². The van der Waals surface area contributed by atoms with Crippen LogP contribution in [0.15, 0.2) is 16.5 Å². The third-order valence-corrected chi connectivity index (χ3v) is 3.24. The summed E-state index contributed by atoms with van der Waals surface area (Å²) in [5.41, 5.74) is 0. The van der Waals surface area contributed by atoms with Gasteiger partial charge in [-0.05, 0) is 62.0 Å². The Morgan fingerprint density at radius 2 is 2.39 bits per heavy atom. The Morgan fingerprint density at radius 3 is 3.00 bits per heavy atom. The fourth-order valence-electron chi connectivity index (χ4n) is 2.08. The first-order valence-corrected chi connectivity index (χ1v) is 6.38. The zero-order valence-corrected chi connectivity index (χ0v) is 11.6. The van der Waals surface area contributed by atoms with E-state index in [2.05, 4.69) is 10.6 Å². The lowest BCUT2D eigenvalue weighted by Gasteiger charge is -2.22. The van der Waals surface area contributed by atoms with Crippen molar-refractivity contribution < 1.29 is 9.21 Å². The quantitative estimate of drug-likeness (QED) is 0.896. The predicted octanol–water partition coefficient (Wildman–Crippen LogP) is 2.47. The van der Waals surface area contributed by atoms with Crippen LogP contribution < -0.4 is 10.6 Å². The number of carbonyl (C=O) groups excluding carboxylic acids is 1. The highest BCUT2D eigenvalue weighted by atomic mass is 35.5. The van der Waals surface area contributed by atoms with Crippen LogP contribution in [0, 0.1) is 5.92 Å². The van der Waals surface area contributed by atoms with Crippen molar-refractivity contribution in [1.82, 2.24) is 10.6 Å². The van der Waals surface area contributed by atoms with Crippen molar-refractivity contribution in [1.29, 1.82) is 0 Å². The van der Waals surface area contributed by atoms with Crippen LogP contribution in [0.4, 0.5) is 0 Å². The van der Waals surface area contributed by atoms with Crippen LogP contribution in [-0.2, 0) is 0 Å². The third-order valence-electron chi connectivity index (χ3n) is 3.03. The van der Waals surface area contributed by atoms with Crippen molar-refractivity contribution in [2.24, 2.45) is 5.92 Å². The molecule has 0 aromatic carbocycles. The Morgan fingerprint density at radius 1 is 1.56 bits per heavy atom. The highest BCUT2D eigenvalue weighted by Crippen LogP contribution is 2.14. The highest BCUT2D eigenvalue weighted by molar-refractivity contribution is 6.29. The summed E-state index contributed by atoms with van der Waals surface area (Å²) >= 11 is 5.61. The molecule has 1 atom stereocenters. The molecule has 18 heavy (non-hydrogen) atoms. The zero-order chi connectivity index (χ0) is 12.1. The molecule has 0 spiro atoms. The van der Waals surface area contributed by atoms with Crippen LogP contribution in [0.5, 0.6) is 0 Å². The Kier molecular flexibility index (Phi) is 6.54. The maximum absolute atomic E-state index is 11.6. The largest absolute Gasteiger partial charge is 0.440 e. The molecule has 0 aliphatic carbocycles. The van der Waals surface area contributed by atoms with E-state index in [9.17, 15) is 4.79 Å². The van der Waals surface area contributed by atoms with Crippen molar-refractivity contribution >= 4 is 29.9 Å². The molecule has 0 bridgehead atoms. The second-order valence-corrected chi connectivity index (χ2v) is 4.73. The molecule has 1 aromatic heterocycles. The van der Waals surface area contributed by atoms with Gasteiger partial charge < -0.3 is 15.1 Å². The van der Waals surface area contributed by atoms with Crippen molar-refractivity contribution in [3.63, 3.8) is 0 Å². The van der Waals surface area contributed by atoms with Gasteiger partial charge in [0.2, 0.25) is 0 Å². The van der Waals surface area contributed by atoms with Gasteiger partial charge in [-0.15, -0.1) is 12.4 Å². The summed E-state index contributed by atoms with van der Waals surface area (Å²) in [5, 5.41) is 6.44. The first-order chi connectivity index (χ1) is 8.25. The summed E-state index contributed by atoms with van der Waals surface area (Å²) in [6, 6.07) is 3.15. The molecule has 2 rings (SSSR count). The molecular formula is C12H18Cl2N2O2. The number of piperidine rings is 1. The summed E-state index contributed by atoms with van der Waals surface area (Å²) in [4.78, 5) is 11.6. The van der Waals surface area contributed by atoms with Gasteiger partial charge in [-0.3, -0.25) is 4.79 Å². The summed E-state index contributed by atoms with van der Waals surface area (Å²) in [5.74, 6) is 0.752. The van der Waals surface area contributed by atoms with E-state index in [1.165, 1.54) is 12.8 Å². The number of amides is 1. The number of carbonyl (C=O) groups is 1. The van der Waals surface area contributed by atoms with Gasteiger partial charge in [0.1, 0.15) is 0 Å². The van der Waals surface area contributed by atoms with Gasteiger partial charge in [-0.2, -0.15) is 0 Å². The Bertz CT molecular complexity index is 376. The van der Waals surface area contributed by atoms with Crippen LogP contribution in [-0.4, -0.2) is 25.5 Å². The lowest BCUT2D eigenvalue weighted by Crippen LogP contribution is -2.33.